The summed E-state index contributed by atoms with van der Waals surface area (Å²) >= 11 is 0. The summed E-state index contributed by atoms with van der Waals surface area (Å²) < 4.78 is 0. The minimum atomic E-state index is 0.924. The first-order valence-electron chi connectivity index (χ1n) is 8.73. The first-order valence-corrected chi connectivity index (χ1v) is 8.73. The summed E-state index contributed by atoms with van der Waals surface area (Å²) in [6.45, 7) is 4.73. The third-order valence-electron chi connectivity index (χ3n) is 4.59. The zero-order valence-corrected chi connectivity index (χ0v) is 14.8. The Hall–Kier alpha value is -2.60. The summed E-state index contributed by atoms with van der Waals surface area (Å²) in [5.41, 5.74) is 3.37. The van der Waals surface area contributed by atoms with Crippen molar-refractivity contribution < 1.29 is 0 Å². The molecule has 1 aromatic carbocycles. The van der Waals surface area contributed by atoms with Crippen molar-refractivity contribution in [3.8, 4) is 0 Å². The maximum absolute atomic E-state index is 4.70. The number of piperazine rings is 1. The van der Waals surface area contributed by atoms with Crippen molar-refractivity contribution >= 4 is 22.8 Å². The summed E-state index contributed by atoms with van der Waals surface area (Å²) in [4.78, 5) is 19.6. The Morgan fingerprint density at radius 1 is 1.00 bits per heavy atom. The summed E-state index contributed by atoms with van der Waals surface area (Å²) in [6.07, 6.45) is 1.99. The van der Waals surface area contributed by atoms with Crippen LogP contribution in [0.2, 0.25) is 0 Å². The average molecular weight is 336 g/mol. The lowest BCUT2D eigenvalue weighted by atomic mass is 10.2. The van der Waals surface area contributed by atoms with Crippen LogP contribution in [0.3, 0.4) is 0 Å². The Morgan fingerprint density at radius 3 is 2.44 bits per heavy atom. The smallest absolute Gasteiger partial charge is 0.203 e. The van der Waals surface area contributed by atoms with Crippen LogP contribution in [0, 0.1) is 0 Å². The van der Waals surface area contributed by atoms with Gasteiger partial charge in [-0.15, -0.1) is 0 Å². The number of anilines is 2. The molecule has 1 aliphatic heterocycles. The molecular weight excluding hydrogens is 312 g/mol. The van der Waals surface area contributed by atoms with Crippen molar-refractivity contribution in [2.24, 2.45) is 0 Å². The molecule has 1 fully saturated rings. The number of nitrogens with one attached hydrogen (secondary N) is 1. The second-order valence-corrected chi connectivity index (χ2v) is 6.81. The number of para-hydroxylation sites is 2. The highest BCUT2D eigenvalue weighted by Gasteiger charge is 2.20. The SMILES string of the molecule is CN(C)Cc1ccc(N2CCN(c3nc4ccccc4[nH]3)CC2)nc1. The Labute approximate surface area is 148 Å². The van der Waals surface area contributed by atoms with Crippen molar-refractivity contribution in [3.63, 3.8) is 0 Å². The standard InChI is InChI=1S/C19H24N6/c1-23(2)14-15-7-8-18(20-13-15)24-9-11-25(12-10-24)19-21-16-5-3-4-6-17(16)22-19/h3-8,13H,9-12,14H2,1-2H3,(H,21,22). The molecule has 1 saturated heterocycles. The van der Waals surface area contributed by atoms with Gasteiger partial charge in [-0.3, -0.25) is 0 Å². The van der Waals surface area contributed by atoms with Gasteiger partial charge in [-0.25, -0.2) is 9.97 Å². The summed E-state index contributed by atoms with van der Waals surface area (Å²) in [5, 5.41) is 0. The van der Waals surface area contributed by atoms with E-state index in [-0.39, 0.29) is 0 Å². The van der Waals surface area contributed by atoms with Gasteiger partial charge in [0.25, 0.3) is 0 Å². The lowest BCUT2D eigenvalue weighted by Gasteiger charge is -2.35. The van der Waals surface area contributed by atoms with Gasteiger partial charge >= 0.3 is 0 Å². The number of pyridine rings is 1. The van der Waals surface area contributed by atoms with Crippen LogP contribution in [0.15, 0.2) is 42.6 Å². The number of H-pyrrole nitrogens is 1. The Bertz CT molecular complexity index is 798. The maximum Gasteiger partial charge on any atom is 0.203 e. The predicted octanol–water partition coefficient (Wildman–Crippen LogP) is 2.35. The molecule has 4 rings (SSSR count). The molecule has 0 amide bonds. The zero-order valence-electron chi connectivity index (χ0n) is 14.8. The van der Waals surface area contributed by atoms with Crippen LogP contribution in [-0.4, -0.2) is 60.1 Å². The van der Waals surface area contributed by atoms with E-state index in [0.29, 0.717) is 0 Å². The molecule has 0 spiro atoms. The van der Waals surface area contributed by atoms with Gasteiger partial charge < -0.3 is 19.7 Å². The molecule has 3 heterocycles. The fraction of sp³-hybridized carbons (Fsp3) is 0.368. The molecule has 6 heteroatoms. The summed E-state index contributed by atoms with van der Waals surface area (Å²) in [6, 6.07) is 12.5. The molecule has 1 aliphatic rings. The number of imidazole rings is 1. The molecule has 0 saturated carbocycles. The molecular formula is C19H24N6. The van der Waals surface area contributed by atoms with Crippen molar-refractivity contribution in [3.05, 3.63) is 48.2 Å². The highest BCUT2D eigenvalue weighted by molar-refractivity contribution is 5.77. The lowest BCUT2D eigenvalue weighted by Crippen LogP contribution is -2.47. The first-order chi connectivity index (χ1) is 12.2. The number of aromatic nitrogens is 3. The number of fused-ring (bicyclic) bond motifs is 1. The molecule has 130 valence electrons. The second kappa shape index (κ2) is 6.72. The molecule has 3 aromatic rings. The van der Waals surface area contributed by atoms with Crippen molar-refractivity contribution in [2.45, 2.75) is 6.54 Å². The fourth-order valence-corrected chi connectivity index (χ4v) is 3.30. The molecule has 0 unspecified atom stereocenters. The maximum atomic E-state index is 4.70. The second-order valence-electron chi connectivity index (χ2n) is 6.81. The molecule has 2 aromatic heterocycles. The Kier molecular flexibility index (Phi) is 4.28. The predicted molar refractivity (Wildman–Crippen MR) is 102 cm³/mol. The van der Waals surface area contributed by atoms with Gasteiger partial charge in [0.05, 0.1) is 11.0 Å². The van der Waals surface area contributed by atoms with E-state index < -0.39 is 0 Å². The minimum Gasteiger partial charge on any atom is -0.353 e. The molecule has 1 N–H and O–H groups in total. The lowest BCUT2D eigenvalue weighted by molar-refractivity contribution is 0.402. The van der Waals surface area contributed by atoms with Crippen molar-refractivity contribution in [1.82, 2.24) is 19.9 Å². The van der Waals surface area contributed by atoms with E-state index in [1.54, 1.807) is 0 Å². The van der Waals surface area contributed by atoms with Crippen molar-refractivity contribution in [2.75, 3.05) is 50.1 Å². The van der Waals surface area contributed by atoms with E-state index in [1.807, 2.05) is 24.4 Å². The zero-order chi connectivity index (χ0) is 17.2. The van der Waals surface area contributed by atoms with E-state index in [1.165, 1.54) is 5.56 Å². The Morgan fingerprint density at radius 2 is 1.76 bits per heavy atom. The van der Waals surface area contributed by atoms with Crippen LogP contribution in [0.4, 0.5) is 11.8 Å². The molecule has 0 atom stereocenters. The molecule has 0 aliphatic carbocycles. The largest absolute Gasteiger partial charge is 0.353 e. The summed E-state index contributed by atoms with van der Waals surface area (Å²) in [5.74, 6) is 2.03. The molecule has 25 heavy (non-hydrogen) atoms. The van der Waals surface area contributed by atoms with Crippen LogP contribution in [0.5, 0.6) is 0 Å². The quantitative estimate of drug-likeness (QED) is 0.792. The average Bonchev–Trinajstić information content (AvgIpc) is 3.06. The first kappa shape index (κ1) is 15.9. The van der Waals surface area contributed by atoms with E-state index >= 15 is 0 Å². The van der Waals surface area contributed by atoms with Gasteiger partial charge in [0.1, 0.15) is 5.82 Å². The Balaban J connectivity index is 1.40. The third kappa shape index (κ3) is 3.44. The van der Waals surface area contributed by atoms with Gasteiger partial charge in [0, 0.05) is 38.9 Å². The number of rotatable bonds is 4. The van der Waals surface area contributed by atoms with Crippen LogP contribution in [0.25, 0.3) is 11.0 Å². The van der Waals surface area contributed by atoms with E-state index in [4.69, 9.17) is 4.98 Å². The number of nitrogens with zero attached hydrogens (tertiary/aromatic N) is 5. The van der Waals surface area contributed by atoms with E-state index in [9.17, 15) is 0 Å². The van der Waals surface area contributed by atoms with Gasteiger partial charge in [-0.2, -0.15) is 0 Å². The monoisotopic (exact) mass is 336 g/mol. The van der Waals surface area contributed by atoms with Gasteiger partial charge in [-0.05, 0) is 37.9 Å². The van der Waals surface area contributed by atoms with Crippen LogP contribution in [0.1, 0.15) is 5.56 Å². The molecule has 0 bridgehead atoms. The van der Waals surface area contributed by atoms with Crippen LogP contribution >= 0.6 is 0 Å². The van der Waals surface area contributed by atoms with Crippen LogP contribution in [-0.2, 0) is 6.54 Å². The van der Waals surface area contributed by atoms with E-state index in [2.05, 4.69) is 57.0 Å². The highest BCUT2D eigenvalue weighted by Crippen LogP contribution is 2.20. The normalized spacial score (nSPS) is 15.3. The summed E-state index contributed by atoms with van der Waals surface area (Å²) in [7, 11) is 4.15. The third-order valence-corrected chi connectivity index (χ3v) is 4.59. The minimum absolute atomic E-state index is 0.924. The van der Waals surface area contributed by atoms with E-state index in [0.717, 1.165) is 55.5 Å². The van der Waals surface area contributed by atoms with Gasteiger partial charge in [0.2, 0.25) is 5.95 Å². The topological polar surface area (TPSA) is 51.3 Å². The van der Waals surface area contributed by atoms with Gasteiger partial charge in [-0.1, -0.05) is 18.2 Å². The highest BCUT2D eigenvalue weighted by atomic mass is 15.3. The number of aromatic amines is 1. The molecule has 0 radical (unpaired) electrons. The number of benzene rings is 1. The molecule has 6 nitrogen and oxygen atoms in total. The number of hydrogen-bond donors (Lipinski definition) is 1. The van der Waals surface area contributed by atoms with Gasteiger partial charge in [0.15, 0.2) is 0 Å². The fourth-order valence-electron chi connectivity index (χ4n) is 3.30. The van der Waals surface area contributed by atoms with Crippen molar-refractivity contribution in [1.29, 1.82) is 0 Å². The van der Waals surface area contributed by atoms with Crippen LogP contribution < -0.4 is 9.80 Å². The number of hydrogen-bond acceptors (Lipinski definition) is 5.